The van der Waals surface area contributed by atoms with Gasteiger partial charge in [0.25, 0.3) is 0 Å². The van der Waals surface area contributed by atoms with Crippen molar-refractivity contribution in [1.29, 1.82) is 5.26 Å². The third kappa shape index (κ3) is 3.04. The fraction of sp³-hybridized carbons (Fsp3) is 0. The number of hydrogen-bond donors (Lipinski definition) is 1. The molecular formula is C17H10BrFN2. The van der Waals surface area contributed by atoms with Crippen molar-refractivity contribution in [3.8, 4) is 6.07 Å². The maximum atomic E-state index is 13.4. The van der Waals surface area contributed by atoms with Crippen molar-refractivity contribution in [2.24, 2.45) is 0 Å². The zero-order valence-electron chi connectivity index (χ0n) is 10.9. The lowest BCUT2D eigenvalue weighted by atomic mass is 10.1. The fourth-order valence-corrected chi connectivity index (χ4v) is 2.57. The van der Waals surface area contributed by atoms with Crippen LogP contribution in [-0.4, -0.2) is 0 Å². The molecule has 0 amide bonds. The largest absolute Gasteiger partial charge is 0.355 e. The van der Waals surface area contributed by atoms with Crippen molar-refractivity contribution >= 4 is 38.1 Å². The molecule has 0 atom stereocenters. The average Bonchev–Trinajstić information content (AvgIpc) is 2.47. The number of rotatable bonds is 2. The van der Waals surface area contributed by atoms with Gasteiger partial charge in [0.1, 0.15) is 5.82 Å². The second-order valence-corrected chi connectivity index (χ2v) is 5.59. The molecule has 0 aliphatic heterocycles. The van der Waals surface area contributed by atoms with Crippen LogP contribution in [0.3, 0.4) is 0 Å². The molecule has 0 radical (unpaired) electrons. The second kappa shape index (κ2) is 5.55. The van der Waals surface area contributed by atoms with Crippen LogP contribution in [0.25, 0.3) is 10.8 Å². The van der Waals surface area contributed by atoms with Crippen LogP contribution in [0.15, 0.2) is 59.1 Å². The van der Waals surface area contributed by atoms with E-state index in [9.17, 15) is 4.39 Å². The summed E-state index contributed by atoms with van der Waals surface area (Å²) in [6.45, 7) is 0. The van der Waals surface area contributed by atoms with Crippen LogP contribution in [0, 0.1) is 17.1 Å². The summed E-state index contributed by atoms with van der Waals surface area (Å²) >= 11 is 3.44. The summed E-state index contributed by atoms with van der Waals surface area (Å²) in [7, 11) is 0. The van der Waals surface area contributed by atoms with Crippen LogP contribution in [0.1, 0.15) is 5.56 Å². The fourth-order valence-electron chi connectivity index (χ4n) is 2.19. The molecule has 0 heterocycles. The minimum atomic E-state index is -0.429. The molecule has 4 heteroatoms. The first-order valence-electron chi connectivity index (χ1n) is 6.31. The number of nitrogens with zero attached hydrogens (tertiary/aromatic N) is 1. The Kier molecular flexibility index (Phi) is 3.59. The zero-order chi connectivity index (χ0) is 14.8. The van der Waals surface area contributed by atoms with Crippen LogP contribution >= 0.6 is 15.9 Å². The molecule has 0 fully saturated rings. The Morgan fingerprint density at radius 2 is 1.67 bits per heavy atom. The number of nitrogens with one attached hydrogen (secondary N) is 1. The molecule has 2 nitrogen and oxygen atoms in total. The van der Waals surface area contributed by atoms with E-state index in [1.54, 1.807) is 6.07 Å². The van der Waals surface area contributed by atoms with Crippen molar-refractivity contribution < 1.29 is 4.39 Å². The molecule has 3 rings (SSSR count). The molecule has 0 spiro atoms. The highest BCUT2D eigenvalue weighted by atomic mass is 79.9. The average molecular weight is 341 g/mol. The summed E-state index contributed by atoms with van der Waals surface area (Å²) in [5.74, 6) is -0.429. The van der Waals surface area contributed by atoms with Crippen molar-refractivity contribution in [1.82, 2.24) is 0 Å². The monoisotopic (exact) mass is 340 g/mol. The lowest BCUT2D eigenvalue weighted by Crippen LogP contribution is -1.92. The minimum absolute atomic E-state index is 0.294. The standard InChI is InChI=1S/C17H10BrFN2/c18-14-3-1-13-8-16(4-2-12(13)7-14)21-17-6-11(10-20)5-15(19)9-17/h1-9,21H. The lowest BCUT2D eigenvalue weighted by Gasteiger charge is -2.08. The molecule has 3 aromatic carbocycles. The van der Waals surface area contributed by atoms with Crippen LogP contribution in [0.4, 0.5) is 15.8 Å². The van der Waals surface area contributed by atoms with E-state index in [0.29, 0.717) is 11.3 Å². The van der Waals surface area contributed by atoms with E-state index in [-0.39, 0.29) is 0 Å². The molecule has 0 aromatic heterocycles. The van der Waals surface area contributed by atoms with Gasteiger partial charge in [-0.15, -0.1) is 0 Å². The molecule has 0 bridgehead atoms. The molecule has 0 saturated heterocycles. The third-order valence-electron chi connectivity index (χ3n) is 3.12. The molecule has 21 heavy (non-hydrogen) atoms. The third-order valence-corrected chi connectivity index (χ3v) is 3.61. The molecular weight excluding hydrogens is 331 g/mol. The van der Waals surface area contributed by atoms with Crippen LogP contribution in [0.2, 0.25) is 0 Å². The highest BCUT2D eigenvalue weighted by molar-refractivity contribution is 9.10. The molecule has 0 aliphatic rings. The van der Waals surface area contributed by atoms with E-state index >= 15 is 0 Å². The number of halogens is 2. The van der Waals surface area contributed by atoms with Gasteiger partial charge >= 0.3 is 0 Å². The molecule has 0 saturated carbocycles. The van der Waals surface area contributed by atoms with Gasteiger partial charge in [0, 0.05) is 15.8 Å². The maximum absolute atomic E-state index is 13.4. The first kappa shape index (κ1) is 13.6. The van der Waals surface area contributed by atoms with Crippen LogP contribution in [-0.2, 0) is 0 Å². The molecule has 0 aliphatic carbocycles. The molecule has 0 unspecified atom stereocenters. The topological polar surface area (TPSA) is 35.8 Å². The highest BCUT2D eigenvalue weighted by Crippen LogP contribution is 2.25. The van der Waals surface area contributed by atoms with Crippen molar-refractivity contribution in [3.63, 3.8) is 0 Å². The normalized spacial score (nSPS) is 10.3. The van der Waals surface area contributed by atoms with Crippen molar-refractivity contribution in [2.45, 2.75) is 0 Å². The first-order chi connectivity index (χ1) is 10.1. The lowest BCUT2D eigenvalue weighted by molar-refractivity contribution is 0.628. The van der Waals surface area contributed by atoms with Gasteiger partial charge in [-0.05, 0) is 53.2 Å². The van der Waals surface area contributed by atoms with E-state index in [1.807, 2.05) is 42.5 Å². The van der Waals surface area contributed by atoms with Gasteiger partial charge in [-0.3, -0.25) is 0 Å². The van der Waals surface area contributed by atoms with Crippen molar-refractivity contribution in [2.75, 3.05) is 5.32 Å². The SMILES string of the molecule is N#Cc1cc(F)cc(Nc2ccc3cc(Br)ccc3c2)c1. The van der Waals surface area contributed by atoms with E-state index in [1.165, 1.54) is 12.1 Å². The number of nitriles is 1. The van der Waals surface area contributed by atoms with E-state index < -0.39 is 5.82 Å². The van der Waals surface area contributed by atoms with Crippen LogP contribution in [0.5, 0.6) is 0 Å². The second-order valence-electron chi connectivity index (χ2n) is 4.67. The Hall–Kier alpha value is -2.38. The van der Waals surface area contributed by atoms with Crippen LogP contribution < -0.4 is 5.32 Å². The molecule has 1 N–H and O–H groups in total. The summed E-state index contributed by atoms with van der Waals surface area (Å²) in [6.07, 6.45) is 0. The van der Waals surface area contributed by atoms with Gasteiger partial charge in [-0.2, -0.15) is 5.26 Å². The van der Waals surface area contributed by atoms with E-state index in [2.05, 4.69) is 21.2 Å². The van der Waals surface area contributed by atoms with Gasteiger partial charge in [0.2, 0.25) is 0 Å². The summed E-state index contributed by atoms with van der Waals surface area (Å²) in [5.41, 5.74) is 1.70. The quantitative estimate of drug-likeness (QED) is 0.681. The van der Waals surface area contributed by atoms with Gasteiger partial charge in [0.15, 0.2) is 0 Å². The highest BCUT2D eigenvalue weighted by Gasteiger charge is 2.02. The van der Waals surface area contributed by atoms with E-state index in [0.717, 1.165) is 20.9 Å². The summed E-state index contributed by atoms with van der Waals surface area (Å²) < 4.78 is 14.4. The predicted octanol–water partition coefficient (Wildman–Crippen LogP) is 5.36. The van der Waals surface area contributed by atoms with Gasteiger partial charge < -0.3 is 5.32 Å². The number of fused-ring (bicyclic) bond motifs is 1. The number of benzene rings is 3. The summed E-state index contributed by atoms with van der Waals surface area (Å²) in [6, 6.07) is 18.1. The van der Waals surface area contributed by atoms with E-state index in [4.69, 9.17) is 5.26 Å². The molecule has 102 valence electrons. The van der Waals surface area contributed by atoms with Crippen molar-refractivity contribution in [3.05, 3.63) is 70.5 Å². The maximum Gasteiger partial charge on any atom is 0.126 e. The Morgan fingerprint density at radius 1 is 0.905 bits per heavy atom. The Morgan fingerprint density at radius 3 is 2.48 bits per heavy atom. The minimum Gasteiger partial charge on any atom is -0.355 e. The Labute approximate surface area is 130 Å². The first-order valence-corrected chi connectivity index (χ1v) is 7.10. The smallest absolute Gasteiger partial charge is 0.126 e. The van der Waals surface area contributed by atoms with Gasteiger partial charge in [-0.25, -0.2) is 4.39 Å². The van der Waals surface area contributed by atoms with Gasteiger partial charge in [-0.1, -0.05) is 28.1 Å². The zero-order valence-corrected chi connectivity index (χ0v) is 12.5. The number of hydrogen-bond acceptors (Lipinski definition) is 2. The Balaban J connectivity index is 1.96. The summed E-state index contributed by atoms with van der Waals surface area (Å²) in [4.78, 5) is 0. The molecule has 3 aromatic rings. The summed E-state index contributed by atoms with van der Waals surface area (Å²) in [5, 5.41) is 14.2. The predicted molar refractivity (Wildman–Crippen MR) is 86.0 cm³/mol. The number of anilines is 2. The Bertz CT molecular complexity index is 868. The van der Waals surface area contributed by atoms with Gasteiger partial charge in [0.05, 0.1) is 11.6 Å².